The second kappa shape index (κ2) is 5.93. The van der Waals surface area contributed by atoms with Gasteiger partial charge < -0.3 is 0 Å². The van der Waals surface area contributed by atoms with Crippen molar-refractivity contribution >= 4 is 33.2 Å². The maximum absolute atomic E-state index is 14.0. The molecule has 0 fully saturated rings. The van der Waals surface area contributed by atoms with E-state index < -0.39 is 23.3 Å². The van der Waals surface area contributed by atoms with Gasteiger partial charge in [-0.15, -0.1) is 11.3 Å². The molecule has 9 heteroatoms. The van der Waals surface area contributed by atoms with Crippen molar-refractivity contribution in [2.24, 2.45) is 0 Å². The predicted molar refractivity (Wildman–Crippen MR) is 84.7 cm³/mol. The molecule has 0 aliphatic carbocycles. The summed E-state index contributed by atoms with van der Waals surface area (Å²) in [6, 6.07) is 1.66. The van der Waals surface area contributed by atoms with Crippen LogP contribution >= 0.6 is 22.9 Å². The molecular formula is C15H10ClF4N3S. The molecule has 0 N–H and O–H groups in total. The maximum Gasteiger partial charge on any atom is 0.419 e. The Hall–Kier alpha value is -1.80. The standard InChI is InChI=1S/C15H10ClF4N3S/c1-6(2)7-3-4-21-11-9(15(18,19)20)13(24-12(7)11)10-8(17)5-22-14(16)23-10/h3-6H,1-2H3. The molecule has 0 aromatic carbocycles. The van der Waals surface area contributed by atoms with E-state index in [1.807, 2.05) is 13.8 Å². The van der Waals surface area contributed by atoms with Crippen molar-refractivity contribution in [3.05, 3.63) is 40.7 Å². The smallest absolute Gasteiger partial charge is 0.255 e. The van der Waals surface area contributed by atoms with Crippen molar-refractivity contribution in [3.8, 4) is 10.6 Å². The molecule has 3 nitrogen and oxygen atoms in total. The van der Waals surface area contributed by atoms with Gasteiger partial charge in [-0.2, -0.15) is 13.2 Å². The third-order valence-corrected chi connectivity index (χ3v) is 4.86. The summed E-state index contributed by atoms with van der Waals surface area (Å²) in [6.07, 6.45) is -2.63. The fourth-order valence-corrected chi connectivity index (χ4v) is 3.96. The van der Waals surface area contributed by atoms with Crippen LogP contribution in [0.2, 0.25) is 5.28 Å². The molecular weight excluding hydrogens is 366 g/mol. The number of halogens is 5. The minimum absolute atomic E-state index is 0.0121. The molecule has 0 saturated heterocycles. The van der Waals surface area contributed by atoms with E-state index in [1.165, 1.54) is 6.20 Å². The summed E-state index contributed by atoms with van der Waals surface area (Å²) in [5, 5.41) is -0.325. The second-order valence-electron chi connectivity index (χ2n) is 5.37. The zero-order chi connectivity index (χ0) is 17.6. The lowest BCUT2D eigenvalue weighted by molar-refractivity contribution is -0.135. The largest absolute Gasteiger partial charge is 0.419 e. The number of alkyl halides is 3. The quantitative estimate of drug-likeness (QED) is 0.426. The molecule has 0 bridgehead atoms. The molecule has 0 radical (unpaired) electrons. The van der Waals surface area contributed by atoms with E-state index >= 15 is 0 Å². The van der Waals surface area contributed by atoms with Crippen LogP contribution in [0.1, 0.15) is 30.9 Å². The van der Waals surface area contributed by atoms with Gasteiger partial charge in [0.2, 0.25) is 5.28 Å². The molecule has 3 aromatic rings. The summed E-state index contributed by atoms with van der Waals surface area (Å²) < 4.78 is 55.3. The molecule has 0 unspecified atom stereocenters. The van der Waals surface area contributed by atoms with Crippen LogP contribution in [0.15, 0.2) is 18.5 Å². The third kappa shape index (κ3) is 2.84. The molecule has 0 atom stereocenters. The maximum atomic E-state index is 14.0. The SMILES string of the molecule is CC(C)c1ccnc2c(C(F)(F)F)c(-c3nc(Cl)ncc3F)sc12. The van der Waals surface area contributed by atoms with E-state index in [-0.39, 0.29) is 21.6 Å². The van der Waals surface area contributed by atoms with E-state index in [2.05, 4.69) is 15.0 Å². The topological polar surface area (TPSA) is 38.7 Å². The highest BCUT2D eigenvalue weighted by Gasteiger charge is 2.40. The number of aromatic nitrogens is 3. The number of fused-ring (bicyclic) bond motifs is 1. The van der Waals surface area contributed by atoms with Crippen LogP contribution in [0.3, 0.4) is 0 Å². The zero-order valence-corrected chi connectivity index (χ0v) is 14.0. The first kappa shape index (κ1) is 17.0. The van der Waals surface area contributed by atoms with Crippen molar-refractivity contribution in [2.75, 3.05) is 0 Å². The molecule has 3 rings (SSSR count). The molecule has 24 heavy (non-hydrogen) atoms. The number of hydrogen-bond donors (Lipinski definition) is 0. The fourth-order valence-electron chi connectivity index (χ4n) is 2.40. The third-order valence-electron chi connectivity index (χ3n) is 3.44. The van der Waals surface area contributed by atoms with E-state index in [9.17, 15) is 17.6 Å². The minimum Gasteiger partial charge on any atom is -0.255 e. The van der Waals surface area contributed by atoms with Crippen LogP contribution in [0, 0.1) is 5.82 Å². The van der Waals surface area contributed by atoms with E-state index in [0.29, 0.717) is 10.3 Å². The highest BCUT2D eigenvalue weighted by molar-refractivity contribution is 7.22. The van der Waals surface area contributed by atoms with Crippen molar-refractivity contribution < 1.29 is 17.6 Å². The van der Waals surface area contributed by atoms with Gasteiger partial charge in [0, 0.05) is 6.20 Å². The van der Waals surface area contributed by atoms with Gasteiger partial charge >= 0.3 is 6.18 Å². The van der Waals surface area contributed by atoms with Crippen LogP contribution in [-0.2, 0) is 6.18 Å². The molecule has 126 valence electrons. The number of rotatable bonds is 2. The molecule has 3 aromatic heterocycles. The van der Waals surface area contributed by atoms with Crippen LogP contribution in [0.25, 0.3) is 20.8 Å². The second-order valence-corrected chi connectivity index (χ2v) is 6.73. The number of pyridine rings is 1. The summed E-state index contributed by atoms with van der Waals surface area (Å²) >= 11 is 6.44. The Morgan fingerprint density at radius 3 is 2.54 bits per heavy atom. The summed E-state index contributed by atoms with van der Waals surface area (Å²) in [5.74, 6) is -0.982. The number of hydrogen-bond acceptors (Lipinski definition) is 4. The summed E-state index contributed by atoms with van der Waals surface area (Å²) in [5.41, 5.74) is -0.969. The fraction of sp³-hybridized carbons (Fsp3) is 0.267. The zero-order valence-electron chi connectivity index (χ0n) is 12.4. The van der Waals surface area contributed by atoms with Crippen LogP contribution in [-0.4, -0.2) is 15.0 Å². The lowest BCUT2D eigenvalue weighted by atomic mass is 10.0. The molecule has 0 aliphatic rings. The Bertz CT molecular complexity index is 921. The highest BCUT2D eigenvalue weighted by Crippen LogP contribution is 2.47. The lowest BCUT2D eigenvalue weighted by Gasteiger charge is -2.09. The van der Waals surface area contributed by atoms with Gasteiger partial charge in [0.25, 0.3) is 0 Å². The van der Waals surface area contributed by atoms with Gasteiger partial charge in [-0.25, -0.2) is 14.4 Å². The Labute approximate surface area is 143 Å². The normalized spacial score (nSPS) is 12.3. The van der Waals surface area contributed by atoms with E-state index in [1.54, 1.807) is 6.07 Å². The Kier molecular flexibility index (Phi) is 4.21. The van der Waals surface area contributed by atoms with Crippen molar-refractivity contribution in [1.82, 2.24) is 15.0 Å². The van der Waals surface area contributed by atoms with Crippen molar-refractivity contribution in [3.63, 3.8) is 0 Å². The summed E-state index contributed by atoms with van der Waals surface area (Å²) in [4.78, 5) is 10.6. The molecule has 0 amide bonds. The minimum atomic E-state index is -4.71. The first-order valence-electron chi connectivity index (χ1n) is 6.87. The first-order chi connectivity index (χ1) is 11.2. The number of thiophene rings is 1. The van der Waals surface area contributed by atoms with E-state index in [0.717, 1.165) is 17.5 Å². The lowest BCUT2D eigenvalue weighted by Crippen LogP contribution is -2.07. The van der Waals surface area contributed by atoms with Crippen molar-refractivity contribution in [2.45, 2.75) is 25.9 Å². The first-order valence-corrected chi connectivity index (χ1v) is 8.06. The average Bonchev–Trinajstić information content (AvgIpc) is 2.88. The average molecular weight is 376 g/mol. The Balaban J connectivity index is 2.43. The summed E-state index contributed by atoms with van der Waals surface area (Å²) in [6.45, 7) is 3.73. The molecule has 0 aliphatic heterocycles. The summed E-state index contributed by atoms with van der Waals surface area (Å²) in [7, 11) is 0. The van der Waals surface area contributed by atoms with E-state index in [4.69, 9.17) is 11.6 Å². The highest BCUT2D eigenvalue weighted by atomic mass is 35.5. The number of nitrogens with zero attached hydrogens (tertiary/aromatic N) is 3. The molecule has 3 heterocycles. The van der Waals surface area contributed by atoms with Gasteiger partial charge in [-0.3, -0.25) is 4.98 Å². The van der Waals surface area contributed by atoms with Gasteiger partial charge in [0.05, 0.1) is 21.3 Å². The monoisotopic (exact) mass is 375 g/mol. The van der Waals surface area contributed by atoms with Crippen LogP contribution in [0.5, 0.6) is 0 Å². The van der Waals surface area contributed by atoms with Gasteiger partial charge in [0.15, 0.2) is 5.82 Å². The van der Waals surface area contributed by atoms with Crippen LogP contribution < -0.4 is 0 Å². The van der Waals surface area contributed by atoms with Crippen molar-refractivity contribution in [1.29, 1.82) is 0 Å². The Morgan fingerprint density at radius 2 is 1.92 bits per heavy atom. The van der Waals surface area contributed by atoms with Gasteiger partial charge in [-0.05, 0) is 29.1 Å². The Morgan fingerprint density at radius 1 is 1.21 bits per heavy atom. The predicted octanol–water partition coefficient (Wildman–Crippen LogP) is 5.69. The molecule has 0 spiro atoms. The molecule has 0 saturated carbocycles. The van der Waals surface area contributed by atoms with Crippen LogP contribution in [0.4, 0.5) is 17.6 Å². The van der Waals surface area contributed by atoms with Gasteiger partial charge in [-0.1, -0.05) is 13.8 Å². The van der Waals surface area contributed by atoms with Gasteiger partial charge in [0.1, 0.15) is 11.3 Å².